The van der Waals surface area contributed by atoms with Gasteiger partial charge in [0, 0.05) is 20.2 Å². The van der Waals surface area contributed by atoms with E-state index in [-0.39, 0.29) is 17.2 Å². The average molecular weight is 240 g/mol. The highest BCUT2D eigenvalue weighted by molar-refractivity contribution is 5.99. The molecule has 0 unspecified atom stereocenters. The van der Waals surface area contributed by atoms with Crippen molar-refractivity contribution in [1.29, 1.82) is 0 Å². The van der Waals surface area contributed by atoms with E-state index >= 15 is 0 Å². The van der Waals surface area contributed by atoms with Gasteiger partial charge in [0.15, 0.2) is 0 Å². The fourth-order valence-corrected chi connectivity index (χ4v) is 1.50. The number of halogens is 1. The Kier molecular flexibility index (Phi) is 4.90. The number of methoxy groups -OCH3 is 1. The van der Waals surface area contributed by atoms with E-state index in [4.69, 9.17) is 10.5 Å². The van der Waals surface area contributed by atoms with Gasteiger partial charge in [0.05, 0.1) is 17.9 Å². The van der Waals surface area contributed by atoms with E-state index in [0.717, 1.165) is 0 Å². The highest BCUT2D eigenvalue weighted by atomic mass is 19.1. The van der Waals surface area contributed by atoms with Gasteiger partial charge in [0.2, 0.25) is 0 Å². The van der Waals surface area contributed by atoms with Crippen LogP contribution in [0.1, 0.15) is 17.3 Å². The van der Waals surface area contributed by atoms with Crippen LogP contribution in [0, 0.1) is 5.82 Å². The second-order valence-corrected chi connectivity index (χ2v) is 3.58. The summed E-state index contributed by atoms with van der Waals surface area (Å²) in [5.41, 5.74) is 5.64. The Morgan fingerprint density at radius 1 is 1.53 bits per heavy atom. The Morgan fingerprint density at radius 2 is 2.24 bits per heavy atom. The molecule has 1 aromatic rings. The first-order valence-electron chi connectivity index (χ1n) is 5.44. The summed E-state index contributed by atoms with van der Waals surface area (Å²) in [7, 11) is 1.56. The molecule has 0 spiro atoms. The molecule has 0 saturated heterocycles. The van der Waals surface area contributed by atoms with Crippen LogP contribution in [0.4, 0.5) is 10.1 Å². The van der Waals surface area contributed by atoms with E-state index in [0.29, 0.717) is 19.7 Å². The standard InChI is InChI=1S/C12H17FN2O2/c1-3-15(7-8-17-2)12(16)9-5-4-6-10(13)11(9)14/h4-6H,3,7-8,14H2,1-2H3. The third kappa shape index (κ3) is 3.17. The average Bonchev–Trinajstić information content (AvgIpc) is 2.33. The molecule has 1 rings (SSSR count). The first-order chi connectivity index (χ1) is 8.11. The first-order valence-corrected chi connectivity index (χ1v) is 5.44. The molecule has 0 atom stereocenters. The number of rotatable bonds is 5. The first kappa shape index (κ1) is 13.4. The van der Waals surface area contributed by atoms with Gasteiger partial charge < -0.3 is 15.4 Å². The molecule has 0 aromatic heterocycles. The maximum Gasteiger partial charge on any atom is 0.256 e. The lowest BCUT2D eigenvalue weighted by atomic mass is 10.1. The summed E-state index contributed by atoms with van der Waals surface area (Å²) in [6, 6.07) is 4.23. The molecule has 5 heteroatoms. The molecule has 0 radical (unpaired) electrons. The number of nitrogens with two attached hydrogens (primary N) is 1. The number of anilines is 1. The zero-order valence-electron chi connectivity index (χ0n) is 10.1. The van der Waals surface area contributed by atoms with Crippen LogP contribution >= 0.6 is 0 Å². The Balaban J connectivity index is 2.90. The lowest BCUT2D eigenvalue weighted by molar-refractivity contribution is 0.0707. The summed E-state index contributed by atoms with van der Waals surface area (Å²) < 4.78 is 18.2. The van der Waals surface area contributed by atoms with Crippen molar-refractivity contribution >= 4 is 11.6 Å². The molecule has 4 nitrogen and oxygen atoms in total. The maximum atomic E-state index is 13.2. The smallest absolute Gasteiger partial charge is 0.256 e. The third-order valence-electron chi connectivity index (χ3n) is 2.52. The number of carbonyl (C=O) groups is 1. The van der Waals surface area contributed by atoms with Crippen LogP contribution in [-0.2, 0) is 4.74 Å². The lowest BCUT2D eigenvalue weighted by Crippen LogP contribution is -2.34. The van der Waals surface area contributed by atoms with Crippen molar-refractivity contribution in [1.82, 2.24) is 4.90 Å². The predicted octanol–water partition coefficient (Wildman–Crippen LogP) is 1.52. The van der Waals surface area contributed by atoms with Crippen molar-refractivity contribution < 1.29 is 13.9 Å². The molecule has 0 aliphatic carbocycles. The predicted molar refractivity (Wildman–Crippen MR) is 64.3 cm³/mol. The van der Waals surface area contributed by atoms with Crippen LogP contribution in [0.3, 0.4) is 0 Å². The quantitative estimate of drug-likeness (QED) is 0.794. The van der Waals surface area contributed by atoms with Crippen molar-refractivity contribution in [2.45, 2.75) is 6.92 Å². The van der Waals surface area contributed by atoms with Crippen molar-refractivity contribution in [2.24, 2.45) is 0 Å². The second kappa shape index (κ2) is 6.20. The highest BCUT2D eigenvalue weighted by Gasteiger charge is 2.17. The van der Waals surface area contributed by atoms with Crippen LogP contribution in [0.15, 0.2) is 18.2 Å². The van der Waals surface area contributed by atoms with Gasteiger partial charge in [-0.3, -0.25) is 4.79 Å². The Morgan fingerprint density at radius 3 is 2.82 bits per heavy atom. The molecule has 0 fully saturated rings. The van der Waals surface area contributed by atoms with Crippen molar-refractivity contribution in [3.63, 3.8) is 0 Å². The van der Waals surface area contributed by atoms with Crippen LogP contribution in [0.2, 0.25) is 0 Å². The van der Waals surface area contributed by atoms with E-state index in [1.54, 1.807) is 12.0 Å². The van der Waals surface area contributed by atoms with Crippen molar-refractivity contribution in [2.75, 3.05) is 32.5 Å². The summed E-state index contributed by atoms with van der Waals surface area (Å²) in [6.45, 7) is 3.28. The van der Waals surface area contributed by atoms with E-state index < -0.39 is 5.82 Å². The maximum absolute atomic E-state index is 13.2. The van der Waals surface area contributed by atoms with Gasteiger partial charge in [0.1, 0.15) is 5.82 Å². The van der Waals surface area contributed by atoms with Gasteiger partial charge in [-0.1, -0.05) is 6.07 Å². The largest absolute Gasteiger partial charge is 0.396 e. The van der Waals surface area contributed by atoms with Gasteiger partial charge in [-0.2, -0.15) is 0 Å². The molecule has 1 amide bonds. The zero-order chi connectivity index (χ0) is 12.8. The molecule has 1 aromatic carbocycles. The number of nitrogen functional groups attached to an aromatic ring is 1. The Bertz CT molecular complexity index is 396. The second-order valence-electron chi connectivity index (χ2n) is 3.58. The van der Waals surface area contributed by atoms with Gasteiger partial charge >= 0.3 is 0 Å². The lowest BCUT2D eigenvalue weighted by Gasteiger charge is -2.21. The topological polar surface area (TPSA) is 55.6 Å². The van der Waals surface area contributed by atoms with Gasteiger partial charge in [-0.25, -0.2) is 4.39 Å². The number of carbonyl (C=O) groups excluding carboxylic acids is 1. The van der Waals surface area contributed by atoms with Crippen molar-refractivity contribution in [3.8, 4) is 0 Å². The van der Waals surface area contributed by atoms with E-state index in [1.165, 1.54) is 18.2 Å². The van der Waals surface area contributed by atoms with Crippen molar-refractivity contribution in [3.05, 3.63) is 29.6 Å². The summed E-state index contributed by atoms with van der Waals surface area (Å²) in [5.74, 6) is -0.847. The monoisotopic (exact) mass is 240 g/mol. The number of para-hydroxylation sites is 1. The zero-order valence-corrected chi connectivity index (χ0v) is 10.1. The number of amides is 1. The molecule has 2 N–H and O–H groups in total. The normalized spacial score (nSPS) is 10.3. The minimum absolute atomic E-state index is 0.103. The van der Waals surface area contributed by atoms with Crippen LogP contribution in [0.25, 0.3) is 0 Å². The van der Waals surface area contributed by atoms with Gasteiger partial charge in [0.25, 0.3) is 5.91 Å². The molecule has 94 valence electrons. The molecular formula is C12H17FN2O2. The Labute approximate surface area is 100 Å². The minimum Gasteiger partial charge on any atom is -0.396 e. The fourth-order valence-electron chi connectivity index (χ4n) is 1.50. The minimum atomic E-state index is -0.571. The molecular weight excluding hydrogens is 223 g/mol. The van der Waals surface area contributed by atoms with E-state index in [1.807, 2.05) is 6.92 Å². The molecule has 0 saturated carbocycles. The Hall–Kier alpha value is -1.62. The summed E-state index contributed by atoms with van der Waals surface area (Å²) in [4.78, 5) is 13.6. The number of ether oxygens (including phenoxy) is 1. The van der Waals surface area contributed by atoms with E-state index in [2.05, 4.69) is 0 Å². The van der Waals surface area contributed by atoms with Gasteiger partial charge in [-0.15, -0.1) is 0 Å². The summed E-state index contributed by atoms with van der Waals surface area (Å²) in [6.07, 6.45) is 0. The third-order valence-corrected chi connectivity index (χ3v) is 2.52. The van der Waals surface area contributed by atoms with E-state index in [9.17, 15) is 9.18 Å². The SMILES string of the molecule is CCN(CCOC)C(=O)c1cccc(F)c1N. The molecule has 0 heterocycles. The molecule has 0 aliphatic heterocycles. The number of hydrogen-bond donors (Lipinski definition) is 1. The highest BCUT2D eigenvalue weighted by Crippen LogP contribution is 2.17. The number of nitrogens with zero attached hydrogens (tertiary/aromatic N) is 1. The number of likely N-dealkylation sites (N-methyl/N-ethyl adjacent to an activating group) is 1. The molecule has 0 aliphatic rings. The van der Waals surface area contributed by atoms with Crippen LogP contribution < -0.4 is 5.73 Å². The van der Waals surface area contributed by atoms with Crippen LogP contribution in [0.5, 0.6) is 0 Å². The van der Waals surface area contributed by atoms with Gasteiger partial charge in [-0.05, 0) is 19.1 Å². The number of hydrogen-bond acceptors (Lipinski definition) is 3. The van der Waals surface area contributed by atoms with Crippen LogP contribution in [-0.4, -0.2) is 37.6 Å². The summed E-state index contributed by atoms with van der Waals surface area (Å²) >= 11 is 0. The number of benzene rings is 1. The fraction of sp³-hybridized carbons (Fsp3) is 0.417. The summed E-state index contributed by atoms with van der Waals surface area (Å²) in [5, 5.41) is 0. The molecule has 17 heavy (non-hydrogen) atoms. The molecule has 0 bridgehead atoms.